The van der Waals surface area contributed by atoms with Crippen molar-refractivity contribution >= 4 is 11.5 Å². The van der Waals surface area contributed by atoms with Gasteiger partial charge in [0.25, 0.3) is 0 Å². The molecule has 5 heteroatoms. The third kappa shape index (κ3) is 3.72. The molecule has 1 aromatic heterocycles. The summed E-state index contributed by atoms with van der Waals surface area (Å²) in [7, 11) is 0. The molecule has 0 saturated heterocycles. The van der Waals surface area contributed by atoms with Gasteiger partial charge in [0.05, 0.1) is 6.61 Å². The molecule has 0 bridgehead atoms. The van der Waals surface area contributed by atoms with Crippen molar-refractivity contribution in [3.8, 4) is 5.88 Å². The van der Waals surface area contributed by atoms with E-state index in [1.165, 1.54) is 12.8 Å². The van der Waals surface area contributed by atoms with E-state index in [9.17, 15) is 0 Å². The Labute approximate surface area is 115 Å². The van der Waals surface area contributed by atoms with E-state index in [0.29, 0.717) is 30.1 Å². The Morgan fingerprint density at radius 1 is 1.26 bits per heavy atom. The van der Waals surface area contributed by atoms with Crippen LogP contribution in [0.4, 0.5) is 11.5 Å². The highest BCUT2D eigenvalue weighted by molar-refractivity contribution is 5.67. The van der Waals surface area contributed by atoms with Crippen LogP contribution in [0, 0.1) is 5.92 Å². The highest BCUT2D eigenvalue weighted by atomic mass is 16.5. The first-order valence-electron chi connectivity index (χ1n) is 7.04. The number of aromatic nitrogens is 2. The number of ether oxygens (including phenoxy) is 1. The Bertz CT molecular complexity index is 441. The lowest BCUT2D eigenvalue weighted by Crippen LogP contribution is -2.14. The molecule has 0 unspecified atom stereocenters. The maximum atomic E-state index is 6.10. The van der Waals surface area contributed by atoms with Crippen LogP contribution in [-0.2, 0) is 0 Å². The fourth-order valence-electron chi connectivity index (χ4n) is 1.61. The molecule has 106 valence electrons. The van der Waals surface area contributed by atoms with Gasteiger partial charge in [-0.3, -0.25) is 0 Å². The second-order valence-electron chi connectivity index (χ2n) is 5.93. The van der Waals surface area contributed by atoms with Gasteiger partial charge in [0.1, 0.15) is 11.5 Å². The van der Waals surface area contributed by atoms with Crippen LogP contribution in [0.1, 0.15) is 52.3 Å². The van der Waals surface area contributed by atoms with Gasteiger partial charge >= 0.3 is 0 Å². The van der Waals surface area contributed by atoms with Gasteiger partial charge in [0, 0.05) is 12.0 Å². The first-order valence-corrected chi connectivity index (χ1v) is 7.04. The summed E-state index contributed by atoms with van der Waals surface area (Å²) in [6.45, 7) is 8.95. The Balaban J connectivity index is 2.25. The Morgan fingerprint density at radius 3 is 2.47 bits per heavy atom. The first-order chi connectivity index (χ1) is 8.97. The SMILES string of the molecule is CC(C)COc1nc(C(C)C)nc(NC2CC2)c1N. The highest BCUT2D eigenvalue weighted by Gasteiger charge is 2.24. The largest absolute Gasteiger partial charge is 0.476 e. The molecule has 0 aliphatic heterocycles. The maximum Gasteiger partial charge on any atom is 0.242 e. The van der Waals surface area contributed by atoms with Crippen LogP contribution in [0.25, 0.3) is 0 Å². The number of anilines is 2. The summed E-state index contributed by atoms with van der Waals surface area (Å²) >= 11 is 0. The van der Waals surface area contributed by atoms with E-state index in [1.807, 2.05) is 0 Å². The molecule has 0 amide bonds. The van der Waals surface area contributed by atoms with Crippen molar-refractivity contribution in [3.63, 3.8) is 0 Å². The van der Waals surface area contributed by atoms with Crippen LogP contribution in [0.3, 0.4) is 0 Å². The fraction of sp³-hybridized carbons (Fsp3) is 0.714. The number of nitrogens with zero attached hydrogens (tertiary/aromatic N) is 2. The van der Waals surface area contributed by atoms with Crippen molar-refractivity contribution in [2.75, 3.05) is 17.7 Å². The van der Waals surface area contributed by atoms with E-state index in [4.69, 9.17) is 10.5 Å². The molecule has 1 heterocycles. The molecule has 0 atom stereocenters. The summed E-state index contributed by atoms with van der Waals surface area (Å²) in [6, 6.07) is 0.509. The molecule has 3 N–H and O–H groups in total. The molecule has 1 aliphatic carbocycles. The topological polar surface area (TPSA) is 73.1 Å². The molecule has 19 heavy (non-hydrogen) atoms. The van der Waals surface area contributed by atoms with Gasteiger partial charge in [-0.25, -0.2) is 4.98 Å². The van der Waals surface area contributed by atoms with E-state index in [-0.39, 0.29) is 5.92 Å². The van der Waals surface area contributed by atoms with Crippen LogP contribution in [0.15, 0.2) is 0 Å². The number of rotatable bonds is 6. The summed E-state index contributed by atoms with van der Waals surface area (Å²) in [5.74, 6) is 2.70. The molecule has 1 fully saturated rings. The van der Waals surface area contributed by atoms with Crippen molar-refractivity contribution in [1.29, 1.82) is 0 Å². The van der Waals surface area contributed by atoms with Crippen molar-refractivity contribution in [2.24, 2.45) is 5.92 Å². The first kappa shape index (κ1) is 13.9. The van der Waals surface area contributed by atoms with Crippen LogP contribution in [-0.4, -0.2) is 22.6 Å². The summed E-state index contributed by atoms with van der Waals surface area (Å²) in [4.78, 5) is 8.95. The number of hydrogen-bond acceptors (Lipinski definition) is 5. The molecular weight excluding hydrogens is 240 g/mol. The van der Waals surface area contributed by atoms with Crippen molar-refractivity contribution in [3.05, 3.63) is 5.82 Å². The lowest BCUT2D eigenvalue weighted by atomic mass is 10.2. The minimum absolute atomic E-state index is 0.252. The fourth-order valence-corrected chi connectivity index (χ4v) is 1.61. The lowest BCUT2D eigenvalue weighted by molar-refractivity contribution is 0.261. The lowest BCUT2D eigenvalue weighted by Gasteiger charge is -2.16. The second kappa shape index (κ2) is 5.63. The standard InChI is InChI=1S/C14H24N4O/c1-8(2)7-19-14-11(15)13(16-10-5-6-10)17-12(18-14)9(3)4/h8-10H,5-7,15H2,1-4H3,(H,16,17,18). The predicted molar refractivity (Wildman–Crippen MR) is 77.5 cm³/mol. The summed E-state index contributed by atoms with van der Waals surface area (Å²) in [6.07, 6.45) is 2.37. The zero-order valence-electron chi connectivity index (χ0n) is 12.2. The molecular formula is C14H24N4O. The van der Waals surface area contributed by atoms with Crippen LogP contribution >= 0.6 is 0 Å². The molecule has 1 aromatic rings. The van der Waals surface area contributed by atoms with Crippen LogP contribution in [0.2, 0.25) is 0 Å². The summed E-state index contributed by atoms with van der Waals surface area (Å²) in [5.41, 5.74) is 6.63. The molecule has 1 saturated carbocycles. The zero-order chi connectivity index (χ0) is 14.0. The average molecular weight is 264 g/mol. The van der Waals surface area contributed by atoms with Gasteiger partial charge in [0.2, 0.25) is 5.88 Å². The normalized spacial score (nSPS) is 15.1. The Kier molecular flexibility index (Phi) is 4.12. The Morgan fingerprint density at radius 2 is 1.95 bits per heavy atom. The maximum absolute atomic E-state index is 6.10. The minimum atomic E-state index is 0.252. The summed E-state index contributed by atoms with van der Waals surface area (Å²) < 4.78 is 5.72. The van der Waals surface area contributed by atoms with Gasteiger partial charge < -0.3 is 15.8 Å². The van der Waals surface area contributed by atoms with E-state index < -0.39 is 0 Å². The molecule has 0 aromatic carbocycles. The van der Waals surface area contributed by atoms with Gasteiger partial charge in [-0.2, -0.15) is 4.98 Å². The van der Waals surface area contributed by atoms with Crippen LogP contribution in [0.5, 0.6) is 5.88 Å². The van der Waals surface area contributed by atoms with E-state index in [1.54, 1.807) is 0 Å². The smallest absolute Gasteiger partial charge is 0.242 e. The van der Waals surface area contributed by atoms with Gasteiger partial charge in [-0.15, -0.1) is 0 Å². The quantitative estimate of drug-likeness (QED) is 0.826. The molecule has 0 radical (unpaired) electrons. The van der Waals surface area contributed by atoms with Gasteiger partial charge in [0.15, 0.2) is 5.82 Å². The third-order valence-corrected chi connectivity index (χ3v) is 2.92. The summed E-state index contributed by atoms with van der Waals surface area (Å²) in [5, 5.41) is 3.35. The van der Waals surface area contributed by atoms with E-state index >= 15 is 0 Å². The molecule has 0 spiro atoms. The minimum Gasteiger partial charge on any atom is -0.476 e. The van der Waals surface area contributed by atoms with E-state index in [2.05, 4.69) is 43.0 Å². The van der Waals surface area contributed by atoms with Gasteiger partial charge in [-0.05, 0) is 18.8 Å². The van der Waals surface area contributed by atoms with E-state index in [0.717, 1.165) is 11.6 Å². The number of hydrogen-bond donors (Lipinski definition) is 2. The zero-order valence-corrected chi connectivity index (χ0v) is 12.2. The Hall–Kier alpha value is -1.52. The van der Waals surface area contributed by atoms with Crippen molar-refractivity contribution in [1.82, 2.24) is 9.97 Å². The molecule has 2 rings (SSSR count). The predicted octanol–water partition coefficient (Wildman–Crippen LogP) is 2.79. The highest BCUT2D eigenvalue weighted by Crippen LogP contribution is 2.32. The number of nitrogens with two attached hydrogens (primary N) is 1. The second-order valence-corrected chi connectivity index (χ2v) is 5.93. The number of nitrogens with one attached hydrogen (secondary N) is 1. The monoisotopic (exact) mass is 264 g/mol. The van der Waals surface area contributed by atoms with Gasteiger partial charge in [-0.1, -0.05) is 27.7 Å². The molecule has 5 nitrogen and oxygen atoms in total. The molecule has 1 aliphatic rings. The van der Waals surface area contributed by atoms with Crippen molar-refractivity contribution in [2.45, 2.75) is 52.5 Å². The third-order valence-electron chi connectivity index (χ3n) is 2.92. The average Bonchev–Trinajstić information content (AvgIpc) is 3.13. The van der Waals surface area contributed by atoms with Crippen molar-refractivity contribution < 1.29 is 4.74 Å². The number of nitrogen functional groups attached to an aromatic ring is 1. The van der Waals surface area contributed by atoms with Crippen LogP contribution < -0.4 is 15.8 Å².